The molecule has 5 rings (SSSR count). The first-order chi connectivity index (χ1) is 18.8. The van der Waals surface area contributed by atoms with Gasteiger partial charge in [0.2, 0.25) is 0 Å². The Labute approximate surface area is 230 Å². The lowest BCUT2D eigenvalue weighted by Crippen LogP contribution is -2.38. The highest BCUT2D eigenvalue weighted by atomic mass is 16.6. The SMILES string of the molecule is COc1ccc(-c2oc(C3CCN(C(=O)OCc4ccccc4)CC3)nc2-c2ccc(C(C)(C)C)cc2)cc1. The Kier molecular flexibility index (Phi) is 7.73. The second kappa shape index (κ2) is 11.4. The predicted octanol–water partition coefficient (Wildman–Crippen LogP) is 7.83. The van der Waals surface area contributed by atoms with Gasteiger partial charge in [-0.1, -0.05) is 75.4 Å². The molecule has 0 saturated carbocycles. The maximum atomic E-state index is 12.6. The summed E-state index contributed by atoms with van der Waals surface area (Å²) in [6, 6.07) is 26.2. The van der Waals surface area contributed by atoms with E-state index in [0.29, 0.717) is 19.0 Å². The van der Waals surface area contributed by atoms with Gasteiger partial charge in [-0.2, -0.15) is 0 Å². The molecule has 0 spiro atoms. The lowest BCUT2D eigenvalue weighted by atomic mass is 9.86. The number of hydrogen-bond donors (Lipinski definition) is 0. The number of ether oxygens (including phenoxy) is 2. The van der Waals surface area contributed by atoms with Crippen molar-refractivity contribution >= 4 is 6.09 Å². The summed E-state index contributed by atoms with van der Waals surface area (Å²) in [5, 5.41) is 0. The fourth-order valence-electron chi connectivity index (χ4n) is 4.89. The van der Waals surface area contributed by atoms with Gasteiger partial charge in [-0.05, 0) is 53.6 Å². The second-order valence-electron chi connectivity index (χ2n) is 11.1. The predicted molar refractivity (Wildman–Crippen MR) is 153 cm³/mol. The number of amides is 1. The average molecular weight is 525 g/mol. The molecular formula is C33H36N2O4. The minimum Gasteiger partial charge on any atom is -0.497 e. The molecule has 0 atom stereocenters. The fraction of sp³-hybridized carbons (Fsp3) is 0.333. The van der Waals surface area contributed by atoms with Crippen LogP contribution in [-0.4, -0.2) is 36.2 Å². The summed E-state index contributed by atoms with van der Waals surface area (Å²) in [6.07, 6.45) is 1.26. The van der Waals surface area contributed by atoms with E-state index in [-0.39, 0.29) is 24.0 Å². The number of aromatic nitrogens is 1. The van der Waals surface area contributed by atoms with E-state index in [2.05, 4.69) is 45.0 Å². The Hall–Kier alpha value is -4.06. The molecule has 0 unspecified atom stereocenters. The molecule has 0 radical (unpaired) electrons. The number of piperidine rings is 1. The molecule has 1 saturated heterocycles. The molecule has 1 aliphatic heterocycles. The monoisotopic (exact) mass is 524 g/mol. The van der Waals surface area contributed by atoms with E-state index < -0.39 is 0 Å². The summed E-state index contributed by atoms with van der Waals surface area (Å²) in [7, 11) is 1.66. The van der Waals surface area contributed by atoms with Gasteiger partial charge in [-0.3, -0.25) is 0 Å². The molecule has 3 aromatic carbocycles. The van der Waals surface area contributed by atoms with Crippen molar-refractivity contribution in [1.29, 1.82) is 0 Å². The minimum absolute atomic E-state index is 0.0720. The maximum Gasteiger partial charge on any atom is 0.410 e. The van der Waals surface area contributed by atoms with E-state index in [1.165, 1.54) is 5.56 Å². The Balaban J connectivity index is 1.34. The van der Waals surface area contributed by atoms with Crippen molar-refractivity contribution in [3.8, 4) is 28.3 Å². The van der Waals surface area contributed by atoms with Crippen LogP contribution in [0.25, 0.3) is 22.6 Å². The molecule has 6 nitrogen and oxygen atoms in total. The largest absolute Gasteiger partial charge is 0.497 e. The van der Waals surface area contributed by atoms with Gasteiger partial charge < -0.3 is 18.8 Å². The lowest BCUT2D eigenvalue weighted by Gasteiger charge is -2.29. The van der Waals surface area contributed by atoms with Crippen LogP contribution in [0, 0.1) is 0 Å². The average Bonchev–Trinajstić information content (AvgIpc) is 3.42. The third-order valence-electron chi connectivity index (χ3n) is 7.33. The van der Waals surface area contributed by atoms with Crippen LogP contribution in [-0.2, 0) is 16.8 Å². The highest BCUT2D eigenvalue weighted by Gasteiger charge is 2.29. The lowest BCUT2D eigenvalue weighted by molar-refractivity contribution is 0.0856. The molecule has 0 bridgehead atoms. The molecule has 0 aliphatic carbocycles. The van der Waals surface area contributed by atoms with E-state index in [9.17, 15) is 4.79 Å². The van der Waals surface area contributed by atoms with Crippen molar-refractivity contribution < 1.29 is 18.7 Å². The molecule has 0 N–H and O–H groups in total. The Morgan fingerprint density at radius 1 is 0.923 bits per heavy atom. The van der Waals surface area contributed by atoms with Crippen molar-refractivity contribution in [2.75, 3.05) is 20.2 Å². The number of oxazole rings is 1. The Morgan fingerprint density at radius 2 is 1.56 bits per heavy atom. The van der Waals surface area contributed by atoms with Crippen LogP contribution in [0.5, 0.6) is 5.75 Å². The van der Waals surface area contributed by atoms with Gasteiger partial charge in [0, 0.05) is 30.1 Å². The normalized spacial score (nSPS) is 14.3. The number of methoxy groups -OCH3 is 1. The Bertz CT molecular complexity index is 1380. The summed E-state index contributed by atoms with van der Waals surface area (Å²) >= 11 is 0. The Morgan fingerprint density at radius 3 is 2.18 bits per heavy atom. The van der Waals surface area contributed by atoms with Gasteiger partial charge >= 0.3 is 6.09 Å². The molecular weight excluding hydrogens is 488 g/mol. The third kappa shape index (κ3) is 6.17. The molecule has 1 fully saturated rings. The quantitative estimate of drug-likeness (QED) is 0.257. The number of rotatable bonds is 6. The van der Waals surface area contributed by atoms with Gasteiger partial charge in [0.1, 0.15) is 18.1 Å². The summed E-state index contributed by atoms with van der Waals surface area (Å²) in [5.74, 6) is 2.39. The number of nitrogens with zero attached hydrogens (tertiary/aromatic N) is 2. The zero-order valence-electron chi connectivity index (χ0n) is 23.1. The number of carbonyl (C=O) groups is 1. The zero-order valence-corrected chi connectivity index (χ0v) is 23.1. The highest BCUT2D eigenvalue weighted by Crippen LogP contribution is 2.38. The first-order valence-corrected chi connectivity index (χ1v) is 13.5. The van der Waals surface area contributed by atoms with E-state index in [1.807, 2.05) is 54.6 Å². The summed E-state index contributed by atoms with van der Waals surface area (Å²) in [4.78, 5) is 19.5. The first-order valence-electron chi connectivity index (χ1n) is 13.5. The molecule has 2 heterocycles. The van der Waals surface area contributed by atoms with E-state index in [0.717, 1.165) is 46.7 Å². The summed E-state index contributed by atoms with van der Waals surface area (Å²) < 4.78 is 17.4. The van der Waals surface area contributed by atoms with Crippen molar-refractivity contribution in [3.63, 3.8) is 0 Å². The molecule has 4 aromatic rings. The van der Waals surface area contributed by atoms with Crippen LogP contribution >= 0.6 is 0 Å². The molecule has 202 valence electrons. The molecule has 1 aromatic heterocycles. The standard InChI is InChI=1S/C33H36N2O4/c1-33(2,3)27-14-10-24(11-15-27)29-30(25-12-16-28(37-4)17-13-25)39-31(34-29)26-18-20-35(21-19-26)32(36)38-22-23-8-6-5-7-9-23/h5-17,26H,18-22H2,1-4H3. The van der Waals surface area contributed by atoms with Gasteiger partial charge in [0.05, 0.1) is 7.11 Å². The molecule has 1 aliphatic rings. The highest BCUT2D eigenvalue weighted by molar-refractivity contribution is 5.77. The fourth-order valence-corrected chi connectivity index (χ4v) is 4.89. The number of hydrogen-bond acceptors (Lipinski definition) is 5. The molecule has 6 heteroatoms. The first kappa shape index (κ1) is 26.5. The number of likely N-dealkylation sites (tertiary alicyclic amines) is 1. The van der Waals surface area contributed by atoms with E-state index in [4.69, 9.17) is 18.9 Å². The van der Waals surface area contributed by atoms with E-state index in [1.54, 1.807) is 12.0 Å². The van der Waals surface area contributed by atoms with Gasteiger partial charge in [0.15, 0.2) is 11.7 Å². The second-order valence-corrected chi connectivity index (χ2v) is 11.1. The van der Waals surface area contributed by atoms with Gasteiger partial charge in [-0.15, -0.1) is 0 Å². The maximum absolute atomic E-state index is 12.6. The zero-order chi connectivity index (χ0) is 27.4. The van der Waals surface area contributed by atoms with Crippen molar-refractivity contribution in [2.45, 2.75) is 51.6 Å². The van der Waals surface area contributed by atoms with Crippen LogP contribution < -0.4 is 4.74 Å². The third-order valence-corrected chi connectivity index (χ3v) is 7.33. The van der Waals surface area contributed by atoms with Crippen LogP contribution in [0.1, 0.15) is 56.5 Å². The van der Waals surface area contributed by atoms with Crippen molar-refractivity contribution in [3.05, 3.63) is 95.9 Å². The van der Waals surface area contributed by atoms with Crippen LogP contribution in [0.15, 0.2) is 83.3 Å². The van der Waals surface area contributed by atoms with Crippen molar-refractivity contribution in [2.24, 2.45) is 0 Å². The van der Waals surface area contributed by atoms with Crippen molar-refractivity contribution in [1.82, 2.24) is 9.88 Å². The minimum atomic E-state index is -0.275. The summed E-state index contributed by atoms with van der Waals surface area (Å²) in [6.45, 7) is 8.12. The number of benzene rings is 3. The topological polar surface area (TPSA) is 64.8 Å². The van der Waals surface area contributed by atoms with Crippen LogP contribution in [0.3, 0.4) is 0 Å². The summed E-state index contributed by atoms with van der Waals surface area (Å²) in [5.41, 5.74) is 5.13. The smallest absolute Gasteiger partial charge is 0.410 e. The van der Waals surface area contributed by atoms with Crippen LogP contribution in [0.2, 0.25) is 0 Å². The molecule has 1 amide bonds. The molecule has 39 heavy (non-hydrogen) atoms. The van der Waals surface area contributed by atoms with E-state index >= 15 is 0 Å². The van der Waals surface area contributed by atoms with Gasteiger partial charge in [0.25, 0.3) is 0 Å². The number of carbonyl (C=O) groups excluding carboxylic acids is 1. The van der Waals surface area contributed by atoms with Gasteiger partial charge in [-0.25, -0.2) is 9.78 Å². The van der Waals surface area contributed by atoms with Crippen LogP contribution in [0.4, 0.5) is 4.79 Å².